The molecular formula is C26H22ClF3N2O3. The zero-order valence-corrected chi connectivity index (χ0v) is 19.7. The molecule has 0 aliphatic heterocycles. The van der Waals surface area contributed by atoms with Crippen molar-refractivity contribution in [1.29, 1.82) is 0 Å². The number of benzene rings is 2. The topological polar surface area (TPSA) is 56.4 Å². The van der Waals surface area contributed by atoms with Crippen LogP contribution in [-0.2, 0) is 19.4 Å². The van der Waals surface area contributed by atoms with E-state index in [9.17, 15) is 13.2 Å². The Morgan fingerprint density at radius 2 is 1.74 bits per heavy atom. The summed E-state index contributed by atoms with van der Waals surface area (Å²) in [5.41, 5.74) is 2.58. The maximum atomic E-state index is 13.1. The van der Waals surface area contributed by atoms with E-state index in [4.69, 9.17) is 25.8 Å². The lowest BCUT2D eigenvalue weighted by molar-refractivity contribution is -0.137. The Labute approximate surface area is 205 Å². The summed E-state index contributed by atoms with van der Waals surface area (Å²) in [4.78, 5) is 6.94. The van der Waals surface area contributed by atoms with E-state index in [1.54, 1.807) is 31.4 Å². The molecule has 0 fully saturated rings. The number of halogens is 4. The van der Waals surface area contributed by atoms with E-state index in [-0.39, 0.29) is 24.8 Å². The Morgan fingerprint density at radius 3 is 2.40 bits per heavy atom. The number of rotatable bonds is 8. The van der Waals surface area contributed by atoms with Gasteiger partial charge in [0.1, 0.15) is 24.7 Å². The molecule has 4 rings (SSSR count). The quantitative estimate of drug-likeness (QED) is 0.276. The van der Waals surface area contributed by atoms with Crippen molar-refractivity contribution in [3.8, 4) is 28.6 Å². The number of aryl methyl sites for hydroxylation is 1. The van der Waals surface area contributed by atoms with Crippen molar-refractivity contribution < 1.29 is 27.4 Å². The first kappa shape index (κ1) is 24.5. The van der Waals surface area contributed by atoms with Gasteiger partial charge in [-0.05, 0) is 53.9 Å². The third kappa shape index (κ3) is 6.08. The average molecular weight is 503 g/mol. The third-order valence-electron chi connectivity index (χ3n) is 5.38. The smallest absolute Gasteiger partial charge is 0.417 e. The van der Waals surface area contributed by atoms with Gasteiger partial charge in [0.2, 0.25) is 5.88 Å². The van der Waals surface area contributed by atoms with Crippen molar-refractivity contribution in [2.45, 2.75) is 26.3 Å². The molecule has 0 aliphatic rings. The van der Waals surface area contributed by atoms with E-state index >= 15 is 0 Å². The van der Waals surface area contributed by atoms with E-state index < -0.39 is 11.7 Å². The Balaban J connectivity index is 1.59. The van der Waals surface area contributed by atoms with Crippen LogP contribution in [0.3, 0.4) is 0 Å². The molecule has 5 nitrogen and oxygen atoms in total. The molecule has 0 radical (unpaired) electrons. The second-order valence-electron chi connectivity index (χ2n) is 7.81. The summed E-state index contributed by atoms with van der Waals surface area (Å²) in [7, 11) is 1.58. The van der Waals surface area contributed by atoms with Crippen LogP contribution in [0.25, 0.3) is 11.3 Å². The van der Waals surface area contributed by atoms with Crippen LogP contribution in [0.4, 0.5) is 13.2 Å². The number of ether oxygens (including phenoxy) is 3. The van der Waals surface area contributed by atoms with Crippen molar-refractivity contribution >= 4 is 11.6 Å². The highest BCUT2D eigenvalue weighted by Gasteiger charge is 2.32. The van der Waals surface area contributed by atoms with E-state index in [0.29, 0.717) is 22.1 Å². The molecule has 0 spiro atoms. The van der Waals surface area contributed by atoms with Gasteiger partial charge < -0.3 is 19.2 Å². The van der Waals surface area contributed by atoms with Crippen LogP contribution in [0.1, 0.15) is 22.3 Å². The zero-order valence-electron chi connectivity index (χ0n) is 18.9. The SMILES string of the molecule is COc1ccc(COc2cc(OCc3ccc(Cl)cc3C)ncc2-c2cc(C(F)(F)F)c[nH]2)cc1. The van der Waals surface area contributed by atoms with Gasteiger partial charge >= 0.3 is 6.18 Å². The van der Waals surface area contributed by atoms with Crippen molar-refractivity contribution in [3.63, 3.8) is 0 Å². The summed E-state index contributed by atoms with van der Waals surface area (Å²) in [5.74, 6) is 1.31. The normalized spacial score (nSPS) is 11.4. The molecule has 0 aliphatic carbocycles. The van der Waals surface area contributed by atoms with Gasteiger partial charge in [0.15, 0.2) is 0 Å². The molecule has 0 saturated heterocycles. The summed E-state index contributed by atoms with van der Waals surface area (Å²) in [6.07, 6.45) is -2.12. The van der Waals surface area contributed by atoms with Gasteiger partial charge in [0.25, 0.3) is 0 Å². The summed E-state index contributed by atoms with van der Waals surface area (Å²) in [6, 6.07) is 15.4. The van der Waals surface area contributed by atoms with E-state index in [2.05, 4.69) is 9.97 Å². The number of hydrogen-bond donors (Lipinski definition) is 1. The fourth-order valence-electron chi connectivity index (χ4n) is 3.39. The average Bonchev–Trinajstić information content (AvgIpc) is 3.33. The number of hydrogen-bond acceptors (Lipinski definition) is 4. The first-order valence-corrected chi connectivity index (χ1v) is 11.0. The molecule has 0 amide bonds. The molecule has 2 aromatic heterocycles. The van der Waals surface area contributed by atoms with Gasteiger partial charge in [-0.2, -0.15) is 13.2 Å². The van der Waals surface area contributed by atoms with E-state index in [0.717, 1.165) is 29.0 Å². The van der Waals surface area contributed by atoms with Gasteiger partial charge in [-0.3, -0.25) is 0 Å². The van der Waals surface area contributed by atoms with E-state index in [1.807, 2.05) is 31.2 Å². The van der Waals surface area contributed by atoms with Crippen molar-refractivity contribution in [1.82, 2.24) is 9.97 Å². The molecule has 4 aromatic rings. The number of nitrogens with one attached hydrogen (secondary N) is 1. The molecule has 182 valence electrons. The Hall–Kier alpha value is -3.65. The van der Waals surface area contributed by atoms with Gasteiger partial charge in [0, 0.05) is 23.5 Å². The third-order valence-corrected chi connectivity index (χ3v) is 5.61. The lowest BCUT2D eigenvalue weighted by Crippen LogP contribution is -2.03. The summed E-state index contributed by atoms with van der Waals surface area (Å²) < 4.78 is 56.4. The minimum Gasteiger partial charge on any atom is -0.497 e. The van der Waals surface area contributed by atoms with Crippen molar-refractivity contribution in [2.24, 2.45) is 0 Å². The van der Waals surface area contributed by atoms with Crippen molar-refractivity contribution in [2.75, 3.05) is 7.11 Å². The fraction of sp³-hybridized carbons (Fsp3) is 0.192. The Bertz CT molecular complexity index is 1300. The van der Waals surface area contributed by atoms with Crippen LogP contribution in [0, 0.1) is 6.92 Å². The van der Waals surface area contributed by atoms with Crippen molar-refractivity contribution in [3.05, 3.63) is 94.3 Å². The number of alkyl halides is 3. The highest BCUT2D eigenvalue weighted by atomic mass is 35.5. The largest absolute Gasteiger partial charge is 0.497 e. The molecule has 9 heteroatoms. The number of methoxy groups -OCH3 is 1. The van der Waals surface area contributed by atoms with Crippen LogP contribution >= 0.6 is 11.6 Å². The second kappa shape index (κ2) is 10.3. The van der Waals surface area contributed by atoms with Crippen LogP contribution in [-0.4, -0.2) is 17.1 Å². The Morgan fingerprint density at radius 1 is 0.971 bits per heavy atom. The lowest BCUT2D eigenvalue weighted by atomic mass is 10.1. The molecule has 0 saturated carbocycles. The number of aromatic nitrogens is 2. The standard InChI is InChI=1S/C26H22ClF3N2O3/c1-16-9-20(27)6-5-18(16)15-35-25-11-24(34-14-17-3-7-21(33-2)8-4-17)22(13-32-25)23-10-19(12-31-23)26(28,29)30/h3-13,31H,14-15H2,1-2H3. The molecule has 2 aromatic carbocycles. The number of aromatic amines is 1. The molecule has 0 unspecified atom stereocenters. The monoisotopic (exact) mass is 502 g/mol. The summed E-state index contributed by atoms with van der Waals surface area (Å²) >= 11 is 6.01. The molecule has 0 bridgehead atoms. The zero-order chi connectivity index (χ0) is 25.0. The lowest BCUT2D eigenvalue weighted by Gasteiger charge is -2.14. The molecular weight excluding hydrogens is 481 g/mol. The van der Waals surface area contributed by atoms with Crippen LogP contribution in [0.15, 0.2) is 67.0 Å². The predicted molar refractivity (Wildman–Crippen MR) is 127 cm³/mol. The number of pyridine rings is 1. The maximum Gasteiger partial charge on any atom is 0.417 e. The second-order valence-corrected chi connectivity index (χ2v) is 8.25. The summed E-state index contributed by atoms with van der Waals surface area (Å²) in [5, 5.41) is 0.632. The van der Waals surface area contributed by atoms with Gasteiger partial charge in [-0.15, -0.1) is 0 Å². The van der Waals surface area contributed by atoms with Gasteiger partial charge in [-0.1, -0.05) is 29.8 Å². The molecule has 35 heavy (non-hydrogen) atoms. The van der Waals surface area contributed by atoms with Crippen LogP contribution in [0.2, 0.25) is 5.02 Å². The minimum atomic E-state index is -4.47. The minimum absolute atomic E-state index is 0.184. The van der Waals surface area contributed by atoms with Crippen LogP contribution < -0.4 is 14.2 Å². The molecule has 0 atom stereocenters. The fourth-order valence-corrected chi connectivity index (χ4v) is 3.62. The van der Waals surface area contributed by atoms with Gasteiger partial charge in [-0.25, -0.2) is 4.98 Å². The van der Waals surface area contributed by atoms with Gasteiger partial charge in [0.05, 0.1) is 23.9 Å². The number of H-pyrrole nitrogens is 1. The molecule has 1 N–H and O–H groups in total. The van der Waals surface area contributed by atoms with E-state index in [1.165, 1.54) is 6.20 Å². The highest BCUT2D eigenvalue weighted by Crippen LogP contribution is 2.36. The maximum absolute atomic E-state index is 13.1. The molecule has 2 heterocycles. The Kier molecular flexibility index (Phi) is 7.21. The number of nitrogens with zero attached hydrogens (tertiary/aromatic N) is 1. The summed E-state index contributed by atoms with van der Waals surface area (Å²) in [6.45, 7) is 2.35. The van der Waals surface area contributed by atoms with Crippen LogP contribution in [0.5, 0.6) is 17.4 Å². The highest BCUT2D eigenvalue weighted by molar-refractivity contribution is 6.30. The first-order chi connectivity index (χ1) is 16.7. The first-order valence-electron chi connectivity index (χ1n) is 10.6. The predicted octanol–water partition coefficient (Wildman–Crippen LogP) is 7.22.